The van der Waals surface area contributed by atoms with Crippen LogP contribution in [0.2, 0.25) is 0 Å². The van der Waals surface area contributed by atoms with Crippen LogP contribution in [0, 0.1) is 0 Å². The molecule has 0 radical (unpaired) electrons. The summed E-state index contributed by atoms with van der Waals surface area (Å²) in [6.07, 6.45) is 7.50. The summed E-state index contributed by atoms with van der Waals surface area (Å²) in [6.45, 7) is 0. The van der Waals surface area contributed by atoms with Crippen molar-refractivity contribution in [1.29, 1.82) is 0 Å². The first-order chi connectivity index (χ1) is 6.00. The molecule has 2 aromatic rings. The predicted octanol–water partition coefficient (Wildman–Crippen LogP) is 0.524. The van der Waals surface area contributed by atoms with E-state index in [4.69, 9.17) is 0 Å². The van der Waals surface area contributed by atoms with Gasteiger partial charge in [-0.25, -0.2) is 9.97 Å². The number of hydrogen-bond acceptors (Lipinski definition) is 0. The summed E-state index contributed by atoms with van der Waals surface area (Å²) >= 11 is 0. The Kier molecular flexibility index (Phi) is 42.0. The van der Waals surface area contributed by atoms with Crippen LogP contribution in [0.1, 0.15) is 0 Å². The molecule has 0 saturated carbocycles. The molecule has 2 heterocycles. The average molecular weight is 276 g/mol. The van der Waals surface area contributed by atoms with Crippen LogP contribution in [-0.4, -0.2) is 0 Å². The van der Waals surface area contributed by atoms with Crippen molar-refractivity contribution in [1.82, 2.24) is 0 Å². The summed E-state index contributed by atoms with van der Waals surface area (Å²) in [5.74, 6) is 0. The summed E-state index contributed by atoms with van der Waals surface area (Å²) < 4.78 is 0. The predicted molar refractivity (Wildman–Crippen MR) is 48.7 cm³/mol. The molecule has 0 aliphatic heterocycles. The fourth-order valence-corrected chi connectivity index (χ4v) is 0.684. The van der Waals surface area contributed by atoms with Gasteiger partial charge in [0.05, 0.1) is 0 Å². The molecule has 0 saturated heterocycles. The number of pyridine rings is 2. The number of H-pyrrole nitrogens is 2. The number of nitrogens with one attached hydrogen (secondary N) is 2. The summed E-state index contributed by atoms with van der Waals surface area (Å²) in [7, 11) is 0. The summed E-state index contributed by atoms with van der Waals surface area (Å²) in [6, 6.07) is 11.7. The Balaban J connectivity index is -0.0000000436. The molecule has 2 N–H and O–H groups in total. The molecule has 92 valence electrons. The van der Waals surface area contributed by atoms with E-state index in [9.17, 15) is 0 Å². The second-order valence-corrected chi connectivity index (χ2v) is 2.15. The van der Waals surface area contributed by atoms with E-state index in [1.165, 1.54) is 0 Å². The molecular weight excluding hydrogens is 264 g/mol. The van der Waals surface area contributed by atoms with Crippen LogP contribution < -0.4 is 9.97 Å². The van der Waals surface area contributed by atoms with Crippen molar-refractivity contribution in [2.24, 2.45) is 0 Å². The van der Waals surface area contributed by atoms with E-state index in [2.05, 4.69) is 9.97 Å². The van der Waals surface area contributed by atoms with Crippen molar-refractivity contribution < 1.29 is 49.2 Å². The second kappa shape index (κ2) is 24.1. The van der Waals surface area contributed by atoms with Gasteiger partial charge in [-0.1, -0.05) is 12.1 Å². The molecule has 0 amide bonds. The van der Waals surface area contributed by atoms with Crippen molar-refractivity contribution in [3.05, 3.63) is 61.2 Å². The Labute approximate surface area is 111 Å². The van der Waals surface area contributed by atoms with Gasteiger partial charge in [-0.05, 0) is 0 Å². The van der Waals surface area contributed by atoms with E-state index in [0.29, 0.717) is 0 Å². The summed E-state index contributed by atoms with van der Waals surface area (Å²) in [4.78, 5) is 5.78. The number of aromatic nitrogens is 2. The van der Waals surface area contributed by atoms with Crippen LogP contribution >= 0.6 is 0 Å². The summed E-state index contributed by atoms with van der Waals surface area (Å²) in [5, 5.41) is 0. The molecule has 0 aliphatic carbocycles. The Morgan fingerprint density at radius 3 is 0.706 bits per heavy atom. The molecule has 2 rings (SSSR count). The van der Waals surface area contributed by atoms with Gasteiger partial charge in [-0.2, -0.15) is 0 Å². The van der Waals surface area contributed by atoms with E-state index in [1.54, 1.807) is 0 Å². The first-order valence-electron chi connectivity index (χ1n) is 3.82. The van der Waals surface area contributed by atoms with E-state index in [-0.39, 0.29) is 39.3 Å². The van der Waals surface area contributed by atoms with Gasteiger partial charge in [-0.15, -0.1) is 0 Å². The fraction of sp³-hybridized carbons (Fsp3) is 0. The second-order valence-electron chi connectivity index (χ2n) is 2.15. The molecule has 0 bridgehead atoms. The Hall–Kier alpha value is -1.33. The summed E-state index contributed by atoms with van der Waals surface area (Å²) in [5.41, 5.74) is 0. The topological polar surface area (TPSA) is 142 Å². The van der Waals surface area contributed by atoms with Crippen LogP contribution in [0.15, 0.2) is 61.2 Å². The molecular formula is C10H12CrN2O4. The maximum absolute atomic E-state index is 2.89. The molecule has 0 aromatic carbocycles. The van der Waals surface area contributed by atoms with Gasteiger partial charge in [0.25, 0.3) is 0 Å². The van der Waals surface area contributed by atoms with Crippen LogP contribution in [-0.2, 0) is 39.3 Å². The van der Waals surface area contributed by atoms with Crippen LogP contribution in [0.5, 0.6) is 0 Å². The van der Waals surface area contributed by atoms with Gasteiger partial charge < -0.3 is 21.9 Å². The van der Waals surface area contributed by atoms with E-state index in [1.807, 2.05) is 61.2 Å². The third-order valence-electron chi connectivity index (χ3n) is 1.21. The smallest absolute Gasteiger partial charge is 2.00 e. The Morgan fingerprint density at radius 2 is 0.647 bits per heavy atom. The van der Waals surface area contributed by atoms with Crippen molar-refractivity contribution >= 4 is 0 Å². The molecule has 0 atom stereocenters. The average Bonchev–Trinajstić information content (AvgIpc) is 2.24. The van der Waals surface area contributed by atoms with Crippen LogP contribution in [0.4, 0.5) is 0 Å². The maximum Gasteiger partial charge on any atom is 6.00 e. The van der Waals surface area contributed by atoms with Gasteiger partial charge in [0.15, 0.2) is 24.8 Å². The monoisotopic (exact) mass is 276 g/mol. The van der Waals surface area contributed by atoms with Gasteiger partial charge in [0.2, 0.25) is 0 Å². The fourth-order valence-electron chi connectivity index (χ4n) is 0.684. The SMILES string of the molecule is [Cr+6].[O-2].[O-2].[O-2].[O-2].c1cc[nH+]cc1.c1cc[nH+]cc1. The van der Waals surface area contributed by atoms with Gasteiger partial charge >= 0.3 is 17.4 Å². The zero-order valence-corrected chi connectivity index (χ0v) is 10.1. The quantitative estimate of drug-likeness (QED) is 0.661. The van der Waals surface area contributed by atoms with Gasteiger partial charge in [0, 0.05) is 24.3 Å². The first kappa shape index (κ1) is 29.6. The van der Waals surface area contributed by atoms with Crippen molar-refractivity contribution in [2.45, 2.75) is 0 Å². The van der Waals surface area contributed by atoms with Crippen LogP contribution in [0.25, 0.3) is 0 Å². The molecule has 0 fully saturated rings. The van der Waals surface area contributed by atoms with E-state index < -0.39 is 0 Å². The van der Waals surface area contributed by atoms with Gasteiger partial charge in [-0.3, -0.25) is 0 Å². The zero-order chi connectivity index (χ0) is 8.49. The standard InChI is InChI=1S/2C5H5N.Cr.4O/c2*1-2-4-6-5-3-1;;;;;/h2*1-5H;;;;;/q;;+6;4*-2/p+2. The third-order valence-corrected chi connectivity index (χ3v) is 1.21. The molecule has 2 aromatic heterocycles. The molecule has 0 spiro atoms. The molecule has 6 nitrogen and oxygen atoms in total. The molecule has 0 aliphatic rings. The van der Waals surface area contributed by atoms with E-state index >= 15 is 0 Å². The Bertz CT molecular complexity index is 202. The molecule has 7 heteroatoms. The normalized spacial score (nSPS) is 5.65. The minimum Gasteiger partial charge on any atom is -2.00 e. The minimum atomic E-state index is 0. The molecule has 0 unspecified atom stereocenters. The largest absolute Gasteiger partial charge is 6.00 e. The first-order valence-corrected chi connectivity index (χ1v) is 3.82. The minimum absolute atomic E-state index is 0. The third kappa shape index (κ3) is 20.7. The van der Waals surface area contributed by atoms with Crippen LogP contribution in [0.3, 0.4) is 0 Å². The number of rotatable bonds is 0. The van der Waals surface area contributed by atoms with Crippen molar-refractivity contribution in [2.75, 3.05) is 0 Å². The molecule has 17 heavy (non-hydrogen) atoms. The number of aromatic amines is 2. The number of hydrogen-bond donors (Lipinski definition) is 0. The Morgan fingerprint density at radius 1 is 0.412 bits per heavy atom. The van der Waals surface area contributed by atoms with Crippen molar-refractivity contribution in [3.63, 3.8) is 0 Å². The zero-order valence-electron chi connectivity index (χ0n) is 8.81. The maximum atomic E-state index is 2.89. The van der Waals surface area contributed by atoms with Crippen molar-refractivity contribution in [3.8, 4) is 0 Å². The van der Waals surface area contributed by atoms with E-state index in [0.717, 1.165) is 0 Å². The van der Waals surface area contributed by atoms with Gasteiger partial charge in [0.1, 0.15) is 0 Å².